The van der Waals surface area contributed by atoms with E-state index in [0.717, 1.165) is 17.3 Å². The van der Waals surface area contributed by atoms with Crippen molar-refractivity contribution in [1.29, 1.82) is 5.26 Å². The number of pyridine rings is 2. The van der Waals surface area contributed by atoms with Crippen molar-refractivity contribution in [2.75, 3.05) is 24.7 Å². The molecule has 1 fully saturated rings. The number of hydrogen-bond acceptors (Lipinski definition) is 10. The molecule has 2 atom stereocenters. The van der Waals surface area contributed by atoms with Gasteiger partial charge in [-0.1, -0.05) is 5.21 Å². The van der Waals surface area contributed by atoms with Gasteiger partial charge in [0.1, 0.15) is 11.8 Å². The Morgan fingerprint density at radius 2 is 2.03 bits per heavy atom. The van der Waals surface area contributed by atoms with Gasteiger partial charge in [-0.15, -0.1) is 5.10 Å². The van der Waals surface area contributed by atoms with Crippen molar-refractivity contribution in [3.63, 3.8) is 0 Å². The number of rotatable bonds is 6. The van der Waals surface area contributed by atoms with Gasteiger partial charge in [0, 0.05) is 54.2 Å². The van der Waals surface area contributed by atoms with Crippen molar-refractivity contribution in [1.82, 2.24) is 39.0 Å². The second kappa shape index (κ2) is 9.51. The van der Waals surface area contributed by atoms with Gasteiger partial charge in [-0.3, -0.25) is 0 Å². The molecule has 0 spiro atoms. The van der Waals surface area contributed by atoms with Crippen LogP contribution < -0.4 is 5.32 Å². The monoisotopic (exact) mass is 522 g/mol. The fourth-order valence-corrected chi connectivity index (χ4v) is 5.27. The predicted octanol–water partition coefficient (Wildman–Crippen LogP) is 1.33. The summed E-state index contributed by atoms with van der Waals surface area (Å²) in [6.07, 6.45) is 7.19. The van der Waals surface area contributed by atoms with Gasteiger partial charge in [-0.05, 0) is 26.3 Å². The molecule has 192 valence electrons. The summed E-state index contributed by atoms with van der Waals surface area (Å²) in [6.45, 7) is 4.34. The molecule has 0 aliphatic carbocycles. The number of nitriles is 1. The maximum atomic E-state index is 11.8. The van der Waals surface area contributed by atoms with Gasteiger partial charge in [0.25, 0.3) is 0 Å². The summed E-state index contributed by atoms with van der Waals surface area (Å²) in [6, 6.07) is 5.36. The molecule has 4 aromatic heterocycles. The predicted molar refractivity (Wildman–Crippen MR) is 135 cm³/mol. The van der Waals surface area contributed by atoms with Crippen LogP contribution in [0.25, 0.3) is 28.1 Å². The zero-order valence-electron chi connectivity index (χ0n) is 20.5. The standard InChI is InChI=1S/C23H26N10O3S/c1-14(2)28-18-7-22(33-23-16(10-27-33)6-15(8-24)9-26-23)25-11-17(18)19-12-32(30-29-19)20-4-5-31(13-21(20)34)37(3,35)36/h6-7,9-12,14,20-21,34H,4-5,13H2,1-3H3,(H,25,28)/t20?,21-/m1/s1. The van der Waals surface area contributed by atoms with Crippen molar-refractivity contribution in [3.8, 4) is 23.1 Å². The molecule has 5 heterocycles. The van der Waals surface area contributed by atoms with Crippen molar-refractivity contribution in [2.45, 2.75) is 38.5 Å². The van der Waals surface area contributed by atoms with Crippen LogP contribution in [0.1, 0.15) is 31.9 Å². The van der Waals surface area contributed by atoms with Crippen LogP contribution in [0, 0.1) is 11.3 Å². The van der Waals surface area contributed by atoms with Gasteiger partial charge in [-0.2, -0.15) is 19.3 Å². The summed E-state index contributed by atoms with van der Waals surface area (Å²) >= 11 is 0. The van der Waals surface area contributed by atoms with Crippen LogP contribution in [0.3, 0.4) is 0 Å². The number of β-amino-alcohol motifs (C(OH)–C–C–N with tert-alkyl or cyclic N) is 1. The molecule has 4 aromatic rings. The molecule has 1 saturated heterocycles. The molecule has 0 saturated carbocycles. The molecule has 1 aliphatic rings. The van der Waals surface area contributed by atoms with Gasteiger partial charge in [-0.25, -0.2) is 23.1 Å². The number of aromatic nitrogens is 7. The van der Waals surface area contributed by atoms with Crippen LogP contribution in [0.2, 0.25) is 0 Å². The van der Waals surface area contributed by atoms with E-state index < -0.39 is 22.2 Å². The Morgan fingerprint density at radius 3 is 2.73 bits per heavy atom. The first-order valence-electron chi connectivity index (χ1n) is 11.7. The third kappa shape index (κ3) is 4.88. The van der Waals surface area contributed by atoms with Gasteiger partial charge in [0.2, 0.25) is 10.0 Å². The van der Waals surface area contributed by atoms with Crippen LogP contribution in [-0.4, -0.2) is 84.1 Å². The lowest BCUT2D eigenvalue weighted by Gasteiger charge is -2.34. The molecule has 14 heteroatoms. The van der Waals surface area contributed by atoms with Crippen LogP contribution in [0.4, 0.5) is 5.69 Å². The normalized spacial score (nSPS) is 18.8. The maximum Gasteiger partial charge on any atom is 0.211 e. The molecule has 5 rings (SSSR count). The summed E-state index contributed by atoms with van der Waals surface area (Å²) in [5, 5.41) is 36.9. The molecule has 1 aliphatic heterocycles. The molecule has 0 amide bonds. The number of aliphatic hydroxyl groups excluding tert-OH is 1. The van der Waals surface area contributed by atoms with Crippen molar-refractivity contribution in [2.24, 2.45) is 0 Å². The summed E-state index contributed by atoms with van der Waals surface area (Å²) in [4.78, 5) is 8.96. The molecular formula is C23H26N10O3S. The fraction of sp³-hybridized carbons (Fsp3) is 0.391. The number of anilines is 1. The number of fused-ring (bicyclic) bond motifs is 1. The van der Waals surface area contributed by atoms with E-state index in [1.807, 2.05) is 19.9 Å². The van der Waals surface area contributed by atoms with E-state index in [4.69, 9.17) is 5.26 Å². The summed E-state index contributed by atoms with van der Waals surface area (Å²) in [5.41, 5.74) is 3.06. The van der Waals surface area contributed by atoms with E-state index in [2.05, 4.69) is 36.8 Å². The van der Waals surface area contributed by atoms with E-state index in [-0.39, 0.29) is 12.6 Å². The molecular weight excluding hydrogens is 496 g/mol. The maximum absolute atomic E-state index is 11.8. The van der Waals surface area contributed by atoms with E-state index in [1.54, 1.807) is 34.0 Å². The quantitative estimate of drug-likeness (QED) is 0.377. The van der Waals surface area contributed by atoms with Crippen LogP contribution in [0.15, 0.2) is 36.9 Å². The molecule has 0 radical (unpaired) electrons. The summed E-state index contributed by atoms with van der Waals surface area (Å²) in [5.74, 6) is 0.537. The first kappa shape index (κ1) is 24.8. The fourth-order valence-electron chi connectivity index (χ4n) is 4.41. The van der Waals surface area contributed by atoms with Crippen LogP contribution in [-0.2, 0) is 10.0 Å². The Morgan fingerprint density at radius 1 is 1.22 bits per heavy atom. The second-order valence-corrected chi connectivity index (χ2v) is 11.3. The number of hydrogen-bond donors (Lipinski definition) is 2. The SMILES string of the molecule is CC(C)Nc1cc(-n2ncc3cc(C#N)cnc32)ncc1-c1cn(C2CCN(S(C)(=O)=O)C[C@H]2O)nn1. The number of nitrogens with zero attached hydrogens (tertiary/aromatic N) is 9. The number of aliphatic hydroxyl groups is 1. The van der Waals surface area contributed by atoms with Crippen molar-refractivity contribution in [3.05, 3.63) is 42.5 Å². The highest BCUT2D eigenvalue weighted by Gasteiger charge is 2.33. The average Bonchev–Trinajstić information content (AvgIpc) is 3.50. The summed E-state index contributed by atoms with van der Waals surface area (Å²) in [7, 11) is -3.37. The second-order valence-electron chi connectivity index (χ2n) is 9.32. The van der Waals surface area contributed by atoms with Crippen LogP contribution >= 0.6 is 0 Å². The molecule has 0 bridgehead atoms. The Kier molecular flexibility index (Phi) is 6.36. The zero-order chi connectivity index (χ0) is 26.3. The first-order valence-corrected chi connectivity index (χ1v) is 13.5. The third-order valence-electron chi connectivity index (χ3n) is 6.19. The van der Waals surface area contributed by atoms with E-state index in [1.165, 1.54) is 10.5 Å². The Balaban J connectivity index is 1.47. The van der Waals surface area contributed by atoms with Gasteiger partial charge >= 0.3 is 0 Å². The minimum absolute atomic E-state index is 0.0107. The Labute approximate surface area is 213 Å². The van der Waals surface area contributed by atoms with Crippen molar-refractivity contribution < 1.29 is 13.5 Å². The number of nitrogens with one attached hydrogen (secondary N) is 1. The lowest BCUT2D eigenvalue weighted by atomic mass is 10.0. The average molecular weight is 523 g/mol. The van der Waals surface area contributed by atoms with Gasteiger partial charge in [0.05, 0.1) is 36.4 Å². The minimum Gasteiger partial charge on any atom is -0.390 e. The number of sulfonamides is 1. The van der Waals surface area contributed by atoms with Gasteiger partial charge in [0.15, 0.2) is 11.5 Å². The van der Waals surface area contributed by atoms with E-state index in [0.29, 0.717) is 41.3 Å². The molecule has 0 aromatic carbocycles. The number of piperidine rings is 1. The zero-order valence-corrected chi connectivity index (χ0v) is 21.3. The Bertz CT molecular complexity index is 1600. The first-order chi connectivity index (χ1) is 17.6. The lowest BCUT2D eigenvalue weighted by molar-refractivity contribution is 0.0514. The largest absolute Gasteiger partial charge is 0.390 e. The Hall–Kier alpha value is -3.93. The summed E-state index contributed by atoms with van der Waals surface area (Å²) < 4.78 is 28.2. The minimum atomic E-state index is -3.37. The lowest BCUT2D eigenvalue weighted by Crippen LogP contribution is -2.46. The van der Waals surface area contributed by atoms with E-state index in [9.17, 15) is 13.5 Å². The highest BCUT2D eigenvalue weighted by molar-refractivity contribution is 7.88. The highest BCUT2D eigenvalue weighted by Crippen LogP contribution is 2.31. The van der Waals surface area contributed by atoms with E-state index >= 15 is 0 Å². The van der Waals surface area contributed by atoms with Crippen LogP contribution in [0.5, 0.6) is 0 Å². The molecule has 1 unspecified atom stereocenters. The smallest absolute Gasteiger partial charge is 0.211 e. The van der Waals surface area contributed by atoms with Gasteiger partial charge < -0.3 is 10.4 Å². The third-order valence-corrected chi connectivity index (χ3v) is 7.46. The van der Waals surface area contributed by atoms with Crippen molar-refractivity contribution >= 4 is 26.7 Å². The topological polar surface area (TPSA) is 168 Å². The molecule has 2 N–H and O–H groups in total. The molecule has 37 heavy (non-hydrogen) atoms. The highest BCUT2D eigenvalue weighted by atomic mass is 32.2. The molecule has 13 nitrogen and oxygen atoms in total.